The zero-order valence-corrected chi connectivity index (χ0v) is 22.5. The largest absolute Gasteiger partial charge is 0.463 e. The molecule has 12 nitrogen and oxygen atoms in total. The molecule has 7 rings (SSSR count). The molecule has 2 aliphatic rings. The maximum absolute atomic E-state index is 8.05. The number of rotatable bonds is 7. The molecular formula is C29H31N11O. The minimum Gasteiger partial charge on any atom is -0.463 e. The van der Waals surface area contributed by atoms with Gasteiger partial charge in [0.15, 0.2) is 11.1 Å². The second-order valence-corrected chi connectivity index (χ2v) is 10.3. The quantitative estimate of drug-likeness (QED) is 0.318. The Bertz CT molecular complexity index is 1700. The fourth-order valence-electron chi connectivity index (χ4n) is 5.82. The van der Waals surface area contributed by atoms with Crippen LogP contribution in [0.5, 0.6) is 0 Å². The lowest BCUT2D eigenvalue weighted by Gasteiger charge is -2.42. The van der Waals surface area contributed by atoms with Gasteiger partial charge in [-0.15, -0.1) is 5.10 Å². The van der Waals surface area contributed by atoms with Crippen molar-refractivity contribution in [1.29, 1.82) is 5.41 Å². The predicted molar refractivity (Wildman–Crippen MR) is 152 cm³/mol. The van der Waals surface area contributed by atoms with Crippen LogP contribution in [0.15, 0.2) is 84.5 Å². The van der Waals surface area contributed by atoms with Gasteiger partial charge in [0.25, 0.3) is 6.02 Å². The van der Waals surface area contributed by atoms with Crippen LogP contribution in [-0.2, 0) is 11.3 Å². The summed E-state index contributed by atoms with van der Waals surface area (Å²) in [7, 11) is 0. The molecule has 208 valence electrons. The van der Waals surface area contributed by atoms with Crippen LogP contribution in [0.4, 0.5) is 0 Å². The smallest absolute Gasteiger partial charge is 0.287 e. The van der Waals surface area contributed by atoms with Crippen LogP contribution in [-0.4, -0.2) is 89.7 Å². The molecular weight excluding hydrogens is 518 g/mol. The molecule has 2 N–H and O–H groups in total. The number of aliphatic imine (C=N–C) groups is 1. The van der Waals surface area contributed by atoms with E-state index in [0.29, 0.717) is 24.3 Å². The number of H-pyrrole nitrogens is 1. The zero-order chi connectivity index (χ0) is 27.6. The van der Waals surface area contributed by atoms with Crippen molar-refractivity contribution in [3.8, 4) is 0 Å². The Labute approximate surface area is 236 Å². The molecule has 3 aromatic heterocycles. The number of hydrogen-bond donors (Lipinski definition) is 2. The molecule has 5 heterocycles. The molecule has 0 amide bonds. The highest BCUT2D eigenvalue weighted by atomic mass is 16.5. The van der Waals surface area contributed by atoms with E-state index in [-0.39, 0.29) is 17.6 Å². The number of piperazine rings is 1. The summed E-state index contributed by atoms with van der Waals surface area (Å²) < 4.78 is 9.63. The first-order chi connectivity index (χ1) is 20.2. The molecule has 41 heavy (non-hydrogen) atoms. The van der Waals surface area contributed by atoms with Gasteiger partial charge < -0.3 is 19.2 Å². The molecule has 0 unspecified atom stereocenters. The van der Waals surface area contributed by atoms with Crippen LogP contribution < -0.4 is 5.49 Å². The van der Waals surface area contributed by atoms with E-state index in [4.69, 9.17) is 10.1 Å². The minimum absolute atomic E-state index is 0.0247. The average molecular weight is 550 g/mol. The third-order valence-electron chi connectivity index (χ3n) is 7.76. The Balaban J connectivity index is 1.24. The van der Waals surface area contributed by atoms with Gasteiger partial charge in [-0.05, 0) is 11.1 Å². The summed E-state index contributed by atoms with van der Waals surface area (Å²) in [6, 6.07) is 21.9. The van der Waals surface area contributed by atoms with E-state index < -0.39 is 0 Å². The highest BCUT2D eigenvalue weighted by molar-refractivity contribution is 5.75. The summed E-state index contributed by atoms with van der Waals surface area (Å²) in [6.45, 7) is 5.27. The van der Waals surface area contributed by atoms with Gasteiger partial charge in [-0.1, -0.05) is 65.9 Å². The van der Waals surface area contributed by atoms with Crippen LogP contribution in [0, 0.1) is 5.41 Å². The first-order valence-corrected chi connectivity index (χ1v) is 13.8. The molecule has 5 aromatic rings. The molecule has 0 aliphatic carbocycles. The summed E-state index contributed by atoms with van der Waals surface area (Å²) in [6.07, 6.45) is 5.23. The van der Waals surface area contributed by atoms with Crippen molar-refractivity contribution in [1.82, 2.24) is 44.3 Å². The van der Waals surface area contributed by atoms with Gasteiger partial charge in [-0.2, -0.15) is 0 Å². The number of nitrogens with zero attached hydrogens (tertiary/aromatic N) is 9. The van der Waals surface area contributed by atoms with Gasteiger partial charge >= 0.3 is 0 Å². The number of nitrogens with one attached hydrogen (secondary N) is 2. The Kier molecular flexibility index (Phi) is 6.73. The molecule has 2 atom stereocenters. The maximum Gasteiger partial charge on any atom is 0.287 e. The van der Waals surface area contributed by atoms with Crippen molar-refractivity contribution < 1.29 is 4.74 Å². The summed E-state index contributed by atoms with van der Waals surface area (Å²) in [5, 5.41) is 17.3. The van der Waals surface area contributed by atoms with Crippen molar-refractivity contribution in [2.75, 3.05) is 39.3 Å². The average Bonchev–Trinajstić information content (AvgIpc) is 3.82. The van der Waals surface area contributed by atoms with Gasteiger partial charge in [0.05, 0.1) is 44.0 Å². The number of fused-ring (bicyclic) bond motifs is 1. The molecule has 0 bridgehead atoms. The van der Waals surface area contributed by atoms with Crippen molar-refractivity contribution in [2.45, 2.75) is 18.6 Å². The van der Waals surface area contributed by atoms with E-state index in [0.717, 1.165) is 50.0 Å². The third kappa shape index (κ3) is 4.97. The Morgan fingerprint density at radius 1 is 0.902 bits per heavy atom. The van der Waals surface area contributed by atoms with E-state index in [2.05, 4.69) is 94.7 Å². The molecule has 2 aliphatic heterocycles. The second-order valence-electron chi connectivity index (χ2n) is 10.3. The molecule has 0 radical (unpaired) electrons. The van der Waals surface area contributed by atoms with Crippen LogP contribution in [0.25, 0.3) is 11.2 Å². The number of imidazole rings is 1. The van der Waals surface area contributed by atoms with Crippen LogP contribution in [0.2, 0.25) is 0 Å². The van der Waals surface area contributed by atoms with Crippen molar-refractivity contribution in [2.24, 2.45) is 4.99 Å². The molecule has 12 heteroatoms. The van der Waals surface area contributed by atoms with E-state index in [1.807, 2.05) is 21.5 Å². The fraction of sp³-hybridized carbons (Fsp3) is 0.310. The monoisotopic (exact) mass is 549 g/mol. The Morgan fingerprint density at radius 2 is 1.63 bits per heavy atom. The predicted octanol–water partition coefficient (Wildman–Crippen LogP) is 2.21. The Hall–Kier alpha value is -4.84. The fourth-order valence-corrected chi connectivity index (χ4v) is 5.82. The van der Waals surface area contributed by atoms with Crippen molar-refractivity contribution in [3.05, 3.63) is 102 Å². The number of aromatic amines is 1. The first-order valence-electron chi connectivity index (χ1n) is 13.8. The highest BCUT2D eigenvalue weighted by Gasteiger charge is 2.35. The van der Waals surface area contributed by atoms with E-state index >= 15 is 0 Å². The zero-order valence-electron chi connectivity index (χ0n) is 22.5. The number of aromatic nitrogens is 7. The summed E-state index contributed by atoms with van der Waals surface area (Å²) in [4.78, 5) is 20.9. The van der Waals surface area contributed by atoms with Gasteiger partial charge in [-0.25, -0.2) is 19.6 Å². The Morgan fingerprint density at radius 3 is 2.34 bits per heavy atom. The second kappa shape index (κ2) is 11.0. The summed E-state index contributed by atoms with van der Waals surface area (Å²) in [5.41, 5.74) is 4.59. The minimum atomic E-state index is -0.115. The van der Waals surface area contributed by atoms with Crippen LogP contribution >= 0.6 is 0 Å². The standard InChI is InChI=1S/C29H31N11O/c30-27-24-28(33-19-32-24)39(20-34-27)17-23-18-40(36-35-23)26(22-9-5-2-6-10-22)25(21-7-3-1-4-8-21)37-12-14-38(15-13-37)29-31-11-16-41-29/h1-10,18-20,25-26,30H,11-17H2,(H,32,33)/t25-,26+/m0/s1. The normalized spacial score (nSPS) is 17.4. The van der Waals surface area contributed by atoms with E-state index in [9.17, 15) is 0 Å². The highest BCUT2D eigenvalue weighted by Crippen LogP contribution is 2.37. The molecule has 2 aromatic carbocycles. The SMILES string of the molecule is N=c1ncn(Cc2cn([C@H](c3ccccc3)[C@H](c3ccccc3)N3CCN(C4=NCCO4)CC3)nn2)c2nc[nH]c12. The van der Waals surface area contributed by atoms with Crippen molar-refractivity contribution >= 4 is 17.2 Å². The van der Waals surface area contributed by atoms with Crippen LogP contribution in [0.1, 0.15) is 28.9 Å². The number of amidine groups is 1. The number of ether oxygens (including phenoxy) is 1. The first kappa shape index (κ1) is 25.1. The lowest BCUT2D eigenvalue weighted by molar-refractivity contribution is 0.0932. The van der Waals surface area contributed by atoms with Gasteiger partial charge in [-0.3, -0.25) is 10.3 Å². The summed E-state index contributed by atoms with van der Waals surface area (Å²) >= 11 is 0. The van der Waals surface area contributed by atoms with E-state index in [1.54, 1.807) is 12.7 Å². The summed E-state index contributed by atoms with van der Waals surface area (Å²) in [5.74, 6) is 0. The van der Waals surface area contributed by atoms with Crippen LogP contribution in [0.3, 0.4) is 0 Å². The number of hydrogen-bond acceptors (Lipinski definition) is 9. The van der Waals surface area contributed by atoms with E-state index in [1.165, 1.54) is 5.56 Å². The molecule has 1 saturated heterocycles. The van der Waals surface area contributed by atoms with Gasteiger partial charge in [0.2, 0.25) is 0 Å². The van der Waals surface area contributed by atoms with Crippen molar-refractivity contribution in [3.63, 3.8) is 0 Å². The lowest BCUT2D eigenvalue weighted by atomic mass is 9.91. The van der Waals surface area contributed by atoms with Gasteiger partial charge in [0.1, 0.15) is 17.8 Å². The molecule has 0 spiro atoms. The molecule has 0 saturated carbocycles. The molecule has 1 fully saturated rings. The lowest BCUT2D eigenvalue weighted by Crippen LogP contribution is -2.51. The number of benzene rings is 2. The topological polar surface area (TPSA) is 129 Å². The third-order valence-corrected chi connectivity index (χ3v) is 7.76. The maximum atomic E-state index is 8.05. The van der Waals surface area contributed by atoms with Gasteiger partial charge in [0, 0.05) is 26.2 Å².